The molecule has 0 aliphatic heterocycles. The summed E-state index contributed by atoms with van der Waals surface area (Å²) in [7, 11) is -4.20. The Labute approximate surface area is 245 Å². The topological polar surface area (TPSA) is 184 Å². The van der Waals surface area contributed by atoms with Gasteiger partial charge < -0.3 is 20.3 Å². The predicted octanol–water partition coefficient (Wildman–Crippen LogP) is 3.42. The zero-order valence-corrected chi connectivity index (χ0v) is 24.9. The number of anilines is 1. The molecule has 11 nitrogen and oxygen atoms in total. The SMILES string of the molecule is COC(=O)c1ccc(CS(C)(=O)=O)c(F)c1.COC(=O)c1ccc(N)c(F)c1.CS(=O)(=O)Cc1ccc(C(=O)O)cc1F. The molecule has 0 saturated heterocycles. The first-order valence-corrected chi connectivity index (χ1v) is 15.8. The van der Waals surface area contributed by atoms with Gasteiger partial charge in [-0.3, -0.25) is 0 Å². The second-order valence-electron chi connectivity index (χ2n) is 8.78. The molecule has 0 aliphatic rings. The number of ether oxygens (including phenoxy) is 2. The van der Waals surface area contributed by atoms with E-state index >= 15 is 0 Å². The number of benzene rings is 3. The standard InChI is InChI=1S/C10H11FO4S.C9H9FO4S.C8H8FNO2/c1-15-10(12)7-3-4-8(9(11)5-7)6-16(2,13)14;1-15(13,14)5-7-3-2-6(9(11)12)4-8(7)10;1-12-8(11)5-2-3-7(10)6(9)4-5/h3-5H,6H2,1-2H3;2-4H,5H2,1H3,(H,11,12);2-4H,10H2,1H3. The van der Waals surface area contributed by atoms with Gasteiger partial charge in [0.25, 0.3) is 0 Å². The highest BCUT2D eigenvalue weighted by Gasteiger charge is 2.14. The molecule has 43 heavy (non-hydrogen) atoms. The van der Waals surface area contributed by atoms with Crippen molar-refractivity contribution in [3.63, 3.8) is 0 Å². The fourth-order valence-electron chi connectivity index (χ4n) is 3.04. The first-order chi connectivity index (χ1) is 19.8. The molecule has 0 aromatic heterocycles. The van der Waals surface area contributed by atoms with Crippen LogP contribution in [0.1, 0.15) is 42.2 Å². The zero-order valence-electron chi connectivity index (χ0n) is 23.3. The van der Waals surface area contributed by atoms with Crippen LogP contribution in [0.25, 0.3) is 0 Å². The quantitative estimate of drug-likeness (QED) is 0.283. The van der Waals surface area contributed by atoms with Crippen LogP contribution in [-0.2, 0) is 40.7 Å². The summed E-state index contributed by atoms with van der Waals surface area (Å²) < 4.78 is 91.9. The molecule has 0 amide bonds. The number of carboxylic acids is 1. The van der Waals surface area contributed by atoms with Crippen LogP contribution in [-0.4, -0.2) is 66.6 Å². The van der Waals surface area contributed by atoms with Crippen LogP contribution in [0.4, 0.5) is 18.9 Å². The van der Waals surface area contributed by atoms with Gasteiger partial charge >= 0.3 is 17.9 Å². The average molecular weight is 648 g/mol. The number of nitrogens with two attached hydrogens (primary N) is 1. The number of sulfone groups is 2. The highest BCUT2D eigenvalue weighted by Crippen LogP contribution is 2.15. The van der Waals surface area contributed by atoms with Gasteiger partial charge in [0.05, 0.1) is 48.1 Å². The Morgan fingerprint density at radius 3 is 1.35 bits per heavy atom. The molecule has 0 radical (unpaired) electrons. The summed E-state index contributed by atoms with van der Waals surface area (Å²) >= 11 is 0. The van der Waals surface area contributed by atoms with Gasteiger partial charge in [-0.25, -0.2) is 44.4 Å². The normalized spacial score (nSPS) is 10.8. The highest BCUT2D eigenvalue weighted by molar-refractivity contribution is 7.90. The van der Waals surface area contributed by atoms with E-state index < -0.39 is 60.8 Å². The molecule has 0 aliphatic carbocycles. The van der Waals surface area contributed by atoms with Gasteiger partial charge in [-0.2, -0.15) is 0 Å². The Morgan fingerprint density at radius 2 is 1.02 bits per heavy atom. The maximum absolute atomic E-state index is 13.4. The van der Waals surface area contributed by atoms with Gasteiger partial charge in [-0.05, 0) is 42.5 Å². The van der Waals surface area contributed by atoms with Crippen LogP contribution < -0.4 is 5.73 Å². The minimum atomic E-state index is -3.32. The largest absolute Gasteiger partial charge is 0.478 e. The smallest absolute Gasteiger partial charge is 0.337 e. The van der Waals surface area contributed by atoms with Crippen molar-refractivity contribution < 1.29 is 59.0 Å². The predicted molar refractivity (Wildman–Crippen MR) is 150 cm³/mol. The molecular weight excluding hydrogens is 619 g/mol. The first kappa shape index (κ1) is 36.6. The number of esters is 2. The van der Waals surface area contributed by atoms with Crippen molar-refractivity contribution in [1.82, 2.24) is 0 Å². The van der Waals surface area contributed by atoms with E-state index in [0.29, 0.717) is 0 Å². The Balaban J connectivity index is 0.000000326. The summed E-state index contributed by atoms with van der Waals surface area (Å²) in [4.78, 5) is 32.4. The number of hydrogen-bond donors (Lipinski definition) is 2. The second kappa shape index (κ2) is 15.7. The number of methoxy groups -OCH3 is 2. The van der Waals surface area contributed by atoms with Gasteiger partial charge in [0.15, 0.2) is 19.7 Å². The molecule has 0 fully saturated rings. The van der Waals surface area contributed by atoms with Crippen molar-refractivity contribution in [3.05, 3.63) is 99.9 Å². The molecule has 3 aromatic carbocycles. The molecule has 3 aromatic rings. The molecule has 234 valence electrons. The lowest BCUT2D eigenvalue weighted by molar-refractivity contribution is 0.0591. The molecule has 0 unspecified atom stereocenters. The minimum absolute atomic E-state index is 0.0163. The lowest BCUT2D eigenvalue weighted by Gasteiger charge is -2.04. The van der Waals surface area contributed by atoms with Gasteiger partial charge in [0.2, 0.25) is 0 Å². The van der Waals surface area contributed by atoms with Crippen LogP contribution >= 0.6 is 0 Å². The first-order valence-electron chi connectivity index (χ1n) is 11.6. The maximum atomic E-state index is 13.4. The molecule has 0 atom stereocenters. The number of carbonyl (C=O) groups is 3. The third-order valence-corrected chi connectivity index (χ3v) is 6.70. The summed E-state index contributed by atoms with van der Waals surface area (Å²) in [6, 6.07) is 10.5. The van der Waals surface area contributed by atoms with E-state index in [0.717, 1.165) is 30.7 Å². The summed E-state index contributed by atoms with van der Waals surface area (Å²) in [5.41, 5.74) is 5.24. The summed E-state index contributed by atoms with van der Waals surface area (Å²) in [5.74, 6) is -5.47. The lowest BCUT2D eigenvalue weighted by Crippen LogP contribution is -2.06. The van der Waals surface area contributed by atoms with Crippen LogP contribution in [0, 0.1) is 17.5 Å². The van der Waals surface area contributed by atoms with Crippen molar-refractivity contribution in [2.24, 2.45) is 0 Å². The van der Waals surface area contributed by atoms with Gasteiger partial charge in [-0.15, -0.1) is 0 Å². The monoisotopic (exact) mass is 647 g/mol. The summed E-state index contributed by atoms with van der Waals surface area (Å²) in [6.45, 7) is 0. The fourth-order valence-corrected chi connectivity index (χ4v) is 4.64. The second-order valence-corrected chi connectivity index (χ2v) is 13.1. The fraction of sp³-hybridized carbons (Fsp3) is 0.222. The van der Waals surface area contributed by atoms with Gasteiger partial charge in [0.1, 0.15) is 17.5 Å². The lowest BCUT2D eigenvalue weighted by atomic mass is 10.1. The molecule has 0 spiro atoms. The van der Waals surface area contributed by atoms with Gasteiger partial charge in [0, 0.05) is 23.6 Å². The minimum Gasteiger partial charge on any atom is -0.478 e. The maximum Gasteiger partial charge on any atom is 0.337 e. The number of carboxylic acid groups (broad SMARTS) is 1. The Hall–Kier alpha value is -4.44. The Bertz CT molecular complexity index is 1710. The van der Waals surface area contributed by atoms with E-state index in [-0.39, 0.29) is 39.3 Å². The van der Waals surface area contributed by atoms with Crippen LogP contribution in [0.3, 0.4) is 0 Å². The van der Waals surface area contributed by atoms with Crippen LogP contribution in [0.2, 0.25) is 0 Å². The third kappa shape index (κ3) is 13.0. The van der Waals surface area contributed by atoms with E-state index in [4.69, 9.17) is 10.8 Å². The van der Waals surface area contributed by atoms with E-state index in [1.54, 1.807) is 0 Å². The number of hydrogen-bond acceptors (Lipinski definition) is 10. The number of rotatable bonds is 7. The van der Waals surface area contributed by atoms with E-state index in [9.17, 15) is 44.4 Å². The van der Waals surface area contributed by atoms with Crippen molar-refractivity contribution in [1.29, 1.82) is 0 Å². The molecule has 0 heterocycles. The van der Waals surface area contributed by atoms with Gasteiger partial charge in [-0.1, -0.05) is 12.1 Å². The molecular formula is C27H28F3NO10S2. The third-order valence-electron chi connectivity index (χ3n) is 5.03. The van der Waals surface area contributed by atoms with E-state index in [1.807, 2.05) is 0 Å². The van der Waals surface area contributed by atoms with Crippen molar-refractivity contribution in [2.75, 3.05) is 32.5 Å². The van der Waals surface area contributed by atoms with Crippen molar-refractivity contribution in [3.8, 4) is 0 Å². The molecule has 0 saturated carbocycles. The summed E-state index contributed by atoms with van der Waals surface area (Å²) in [6.07, 6.45) is 2.00. The number of carbonyl (C=O) groups excluding carboxylic acids is 2. The molecule has 3 rings (SSSR count). The Morgan fingerprint density at radius 1 is 0.674 bits per heavy atom. The zero-order chi connectivity index (χ0) is 33.1. The number of halogens is 3. The summed E-state index contributed by atoms with van der Waals surface area (Å²) in [5, 5.41) is 8.55. The molecule has 3 N–H and O–H groups in total. The van der Waals surface area contributed by atoms with Crippen molar-refractivity contribution in [2.45, 2.75) is 11.5 Å². The number of nitrogen functional groups attached to an aromatic ring is 1. The van der Waals surface area contributed by atoms with Crippen LogP contribution in [0.5, 0.6) is 0 Å². The highest BCUT2D eigenvalue weighted by atomic mass is 32.2. The molecule has 0 bridgehead atoms. The Kier molecular flexibility index (Phi) is 13.4. The molecule has 16 heteroatoms. The van der Waals surface area contributed by atoms with Crippen molar-refractivity contribution >= 4 is 43.3 Å². The number of aromatic carboxylic acids is 1. The van der Waals surface area contributed by atoms with Crippen LogP contribution in [0.15, 0.2) is 54.6 Å². The van der Waals surface area contributed by atoms with E-state index in [2.05, 4.69) is 9.47 Å². The average Bonchev–Trinajstić information content (AvgIpc) is 2.90. The van der Waals surface area contributed by atoms with E-state index in [1.165, 1.54) is 50.6 Å².